The van der Waals surface area contributed by atoms with Crippen molar-refractivity contribution in [3.05, 3.63) is 90.3 Å². The molecule has 0 aliphatic rings. The van der Waals surface area contributed by atoms with Crippen LogP contribution in [0, 0.1) is 11.6 Å². The molecule has 0 aliphatic heterocycles. The number of nitrogens with zero attached hydrogens (tertiary/aromatic N) is 1. The van der Waals surface area contributed by atoms with Crippen LogP contribution in [0.1, 0.15) is 20.8 Å². The van der Waals surface area contributed by atoms with Gasteiger partial charge >= 0.3 is 5.97 Å². The lowest BCUT2D eigenvalue weighted by molar-refractivity contribution is -0.153. The van der Waals surface area contributed by atoms with Crippen LogP contribution in [0.25, 0.3) is 10.9 Å². The predicted molar refractivity (Wildman–Crippen MR) is 167 cm³/mol. The fraction of sp³-hybridized carbons (Fsp3) is 0.212. The Morgan fingerprint density at radius 2 is 1.43 bits per heavy atom. The van der Waals surface area contributed by atoms with Crippen molar-refractivity contribution in [2.45, 2.75) is 26.4 Å². The Labute approximate surface area is 263 Å². The molecule has 0 saturated carbocycles. The monoisotopic (exact) mass is 634 g/mol. The summed E-state index contributed by atoms with van der Waals surface area (Å²) in [5.41, 5.74) is -0.454. The fourth-order valence-electron chi connectivity index (χ4n) is 4.09. The van der Waals surface area contributed by atoms with Crippen LogP contribution in [0.5, 0.6) is 23.0 Å². The van der Waals surface area contributed by atoms with E-state index in [0.29, 0.717) is 28.2 Å². The third kappa shape index (κ3) is 8.68. The fourth-order valence-corrected chi connectivity index (χ4v) is 4.09. The van der Waals surface area contributed by atoms with E-state index >= 15 is 4.39 Å². The molecular formula is C33H32F2N4O7. The van der Waals surface area contributed by atoms with Crippen molar-refractivity contribution in [2.24, 2.45) is 0 Å². The Morgan fingerprint density at radius 1 is 0.804 bits per heavy atom. The number of methoxy groups -OCH3 is 2. The van der Waals surface area contributed by atoms with Gasteiger partial charge in [0, 0.05) is 41.3 Å². The molecule has 0 saturated heterocycles. The van der Waals surface area contributed by atoms with E-state index in [9.17, 15) is 18.8 Å². The lowest BCUT2D eigenvalue weighted by Gasteiger charge is -2.19. The first kappa shape index (κ1) is 33.2. The summed E-state index contributed by atoms with van der Waals surface area (Å²) in [6.07, 6.45) is 2.53. The molecule has 0 bridgehead atoms. The Morgan fingerprint density at radius 3 is 2.07 bits per heavy atom. The van der Waals surface area contributed by atoms with Gasteiger partial charge in [0.1, 0.15) is 29.3 Å². The molecular weight excluding hydrogens is 602 g/mol. The van der Waals surface area contributed by atoms with E-state index in [-0.39, 0.29) is 23.7 Å². The molecule has 4 rings (SSSR count). The molecule has 13 heteroatoms. The van der Waals surface area contributed by atoms with Crippen LogP contribution in [0.4, 0.5) is 20.2 Å². The topological polar surface area (TPSA) is 137 Å². The van der Waals surface area contributed by atoms with E-state index < -0.39 is 40.6 Å². The molecule has 1 aromatic heterocycles. The summed E-state index contributed by atoms with van der Waals surface area (Å²) in [5, 5.41) is 8.08. The molecule has 2 amide bonds. The van der Waals surface area contributed by atoms with Gasteiger partial charge in [-0.25, -0.2) is 8.78 Å². The second-order valence-corrected chi connectivity index (χ2v) is 10.7. The van der Waals surface area contributed by atoms with Crippen LogP contribution in [0.15, 0.2) is 78.6 Å². The van der Waals surface area contributed by atoms with E-state index in [2.05, 4.69) is 20.9 Å². The number of ether oxygens (including phenoxy) is 4. The van der Waals surface area contributed by atoms with Gasteiger partial charge in [0.05, 0.1) is 19.7 Å². The summed E-state index contributed by atoms with van der Waals surface area (Å²) in [4.78, 5) is 42.7. The van der Waals surface area contributed by atoms with Crippen LogP contribution < -0.4 is 30.2 Å². The molecule has 3 aromatic carbocycles. The average Bonchev–Trinajstić information content (AvgIpc) is 3.00. The van der Waals surface area contributed by atoms with E-state index in [1.807, 2.05) is 0 Å². The quantitative estimate of drug-likeness (QED) is 0.0820. The summed E-state index contributed by atoms with van der Waals surface area (Å²) < 4.78 is 50.3. The number of anilines is 2. The van der Waals surface area contributed by atoms with Gasteiger partial charge < -0.3 is 34.9 Å². The highest BCUT2D eigenvalue weighted by Crippen LogP contribution is 2.37. The zero-order valence-electron chi connectivity index (χ0n) is 25.7. The highest BCUT2D eigenvalue weighted by atomic mass is 19.1. The first-order valence-corrected chi connectivity index (χ1v) is 13.9. The minimum Gasteiger partial charge on any atom is -0.493 e. The molecule has 0 radical (unpaired) electrons. The van der Waals surface area contributed by atoms with Crippen LogP contribution in [-0.2, 0) is 19.1 Å². The lowest BCUT2D eigenvalue weighted by Crippen LogP contribution is -2.31. The number of rotatable bonds is 11. The number of halogens is 2. The van der Waals surface area contributed by atoms with Crippen molar-refractivity contribution >= 4 is 40.1 Å². The third-order valence-corrected chi connectivity index (χ3v) is 6.12. The Kier molecular flexibility index (Phi) is 10.4. The van der Waals surface area contributed by atoms with Crippen LogP contribution in [-0.4, -0.2) is 49.1 Å². The number of carbonyl (C=O) groups excluding carboxylic acids is 3. The zero-order chi connectivity index (χ0) is 33.4. The van der Waals surface area contributed by atoms with Crippen molar-refractivity contribution in [2.75, 3.05) is 31.4 Å². The minimum absolute atomic E-state index is 0.00784. The smallest absolute Gasteiger partial charge is 0.325 e. The predicted octanol–water partition coefficient (Wildman–Crippen LogP) is 5.71. The maximum atomic E-state index is 15.2. The van der Waals surface area contributed by atoms with E-state index in [1.54, 1.807) is 39.0 Å². The standard InChI is InChI=1S/C33H32F2N4O7/c1-33(2,3)46-30(40)18-36-17-23(31(41)38-20-8-6-19(34)7-9-20)32(42)39-21-10-11-27(24(35)14-21)45-26-12-13-37-25-16-29(44-5)28(43-4)15-22(25)26/h6-17,36H,18H2,1-5H3,(H,38,41)(H,39,42)/b23-17+. The summed E-state index contributed by atoms with van der Waals surface area (Å²) in [7, 11) is 2.98. The van der Waals surface area contributed by atoms with Gasteiger partial charge in [0.15, 0.2) is 23.1 Å². The van der Waals surface area contributed by atoms with Crippen LogP contribution >= 0.6 is 0 Å². The Hall–Kier alpha value is -5.72. The molecule has 240 valence electrons. The Bertz CT molecular complexity index is 1790. The molecule has 46 heavy (non-hydrogen) atoms. The second-order valence-electron chi connectivity index (χ2n) is 10.7. The minimum atomic E-state index is -0.925. The molecule has 3 N–H and O–H groups in total. The maximum Gasteiger partial charge on any atom is 0.325 e. The van der Waals surface area contributed by atoms with Gasteiger partial charge in [-0.3, -0.25) is 19.4 Å². The number of fused-ring (bicyclic) bond motifs is 1. The van der Waals surface area contributed by atoms with Crippen molar-refractivity contribution in [1.82, 2.24) is 10.3 Å². The summed E-state index contributed by atoms with van der Waals surface area (Å²) in [5.74, 6) is -2.72. The van der Waals surface area contributed by atoms with Gasteiger partial charge in [-0.2, -0.15) is 0 Å². The number of aromatic nitrogens is 1. The molecule has 0 fully saturated rings. The number of pyridine rings is 1. The van der Waals surface area contributed by atoms with Crippen molar-refractivity contribution in [1.29, 1.82) is 0 Å². The van der Waals surface area contributed by atoms with Crippen molar-refractivity contribution in [3.63, 3.8) is 0 Å². The highest BCUT2D eigenvalue weighted by Gasteiger charge is 2.21. The first-order valence-electron chi connectivity index (χ1n) is 13.9. The van der Waals surface area contributed by atoms with Gasteiger partial charge in [-0.15, -0.1) is 0 Å². The van der Waals surface area contributed by atoms with Crippen molar-refractivity contribution < 1.29 is 42.1 Å². The molecule has 0 aliphatic carbocycles. The number of benzene rings is 3. The summed E-state index contributed by atoms with van der Waals surface area (Å²) in [6, 6.07) is 13.5. The number of hydrogen-bond donors (Lipinski definition) is 3. The van der Waals surface area contributed by atoms with Gasteiger partial charge in [-0.05, 0) is 69.3 Å². The number of amides is 2. The highest BCUT2D eigenvalue weighted by molar-refractivity contribution is 6.26. The molecule has 1 heterocycles. The zero-order valence-corrected chi connectivity index (χ0v) is 25.7. The number of esters is 1. The number of hydrogen-bond acceptors (Lipinski definition) is 9. The maximum absolute atomic E-state index is 15.2. The molecule has 0 spiro atoms. The second kappa shape index (κ2) is 14.4. The molecule has 0 unspecified atom stereocenters. The van der Waals surface area contributed by atoms with E-state index in [1.165, 1.54) is 44.7 Å². The summed E-state index contributed by atoms with van der Waals surface area (Å²) >= 11 is 0. The van der Waals surface area contributed by atoms with Crippen LogP contribution in [0.3, 0.4) is 0 Å². The number of nitrogens with one attached hydrogen (secondary N) is 3. The van der Waals surface area contributed by atoms with Gasteiger partial charge in [0.25, 0.3) is 11.8 Å². The van der Waals surface area contributed by atoms with E-state index in [4.69, 9.17) is 18.9 Å². The molecule has 0 atom stereocenters. The largest absolute Gasteiger partial charge is 0.493 e. The Balaban J connectivity index is 1.53. The first-order chi connectivity index (χ1) is 21.9. The van der Waals surface area contributed by atoms with Crippen molar-refractivity contribution in [3.8, 4) is 23.0 Å². The van der Waals surface area contributed by atoms with Gasteiger partial charge in [0.2, 0.25) is 0 Å². The third-order valence-electron chi connectivity index (χ3n) is 6.12. The lowest BCUT2D eigenvalue weighted by atomic mass is 10.1. The molecule has 11 nitrogen and oxygen atoms in total. The number of carbonyl (C=O) groups is 3. The average molecular weight is 635 g/mol. The summed E-state index contributed by atoms with van der Waals surface area (Å²) in [6.45, 7) is 4.73. The van der Waals surface area contributed by atoms with Crippen LogP contribution in [0.2, 0.25) is 0 Å². The SMILES string of the molecule is COc1cc2nccc(Oc3ccc(NC(=O)/C(=C/NCC(=O)OC(C)(C)C)C(=O)Nc4ccc(F)cc4)cc3F)c2cc1OC. The molecule has 4 aromatic rings. The normalized spacial score (nSPS) is 11.4. The van der Waals surface area contributed by atoms with Gasteiger partial charge in [-0.1, -0.05) is 0 Å². The van der Waals surface area contributed by atoms with E-state index in [0.717, 1.165) is 24.4 Å².